The summed E-state index contributed by atoms with van der Waals surface area (Å²) >= 11 is 0. The molecule has 0 radical (unpaired) electrons. The highest BCUT2D eigenvalue weighted by molar-refractivity contribution is 14.0. The van der Waals surface area contributed by atoms with Crippen molar-refractivity contribution in [3.05, 3.63) is 52.8 Å². The van der Waals surface area contributed by atoms with Crippen LogP contribution in [0.3, 0.4) is 0 Å². The topological polar surface area (TPSA) is 54.2 Å². The minimum Gasteiger partial charge on any atom is -0.356 e. The monoisotopic (exact) mass is 483 g/mol. The predicted octanol–water partition coefficient (Wildman–Crippen LogP) is 3.96. The molecule has 0 aliphatic heterocycles. The van der Waals surface area contributed by atoms with E-state index in [2.05, 4.69) is 83.4 Å². The van der Waals surface area contributed by atoms with Gasteiger partial charge in [-0.15, -0.1) is 24.0 Å². The molecule has 0 saturated heterocycles. The summed E-state index contributed by atoms with van der Waals surface area (Å²) in [5.41, 5.74) is 5.02. The third kappa shape index (κ3) is 6.83. The van der Waals surface area contributed by atoms with E-state index in [9.17, 15) is 0 Å². The van der Waals surface area contributed by atoms with Gasteiger partial charge in [0.25, 0.3) is 0 Å². The minimum atomic E-state index is 0. The molecule has 1 heterocycles. The van der Waals surface area contributed by atoms with Crippen LogP contribution in [0, 0.1) is 20.8 Å². The molecule has 2 rings (SSSR count). The summed E-state index contributed by atoms with van der Waals surface area (Å²) in [6.45, 7) is 13.4. The van der Waals surface area contributed by atoms with E-state index in [1.54, 1.807) is 0 Å². The van der Waals surface area contributed by atoms with E-state index in [1.807, 2.05) is 14.0 Å². The molecule has 0 fully saturated rings. The van der Waals surface area contributed by atoms with Gasteiger partial charge in [0.2, 0.25) is 0 Å². The highest BCUT2D eigenvalue weighted by atomic mass is 127. The minimum absolute atomic E-state index is 0. The molecular formula is C21H34IN5. The van der Waals surface area contributed by atoms with Crippen LogP contribution in [0.25, 0.3) is 0 Å². The summed E-state index contributed by atoms with van der Waals surface area (Å²) in [4.78, 5) is 4.35. The lowest BCUT2D eigenvalue weighted by Gasteiger charge is -2.28. The van der Waals surface area contributed by atoms with Crippen molar-refractivity contribution in [3.8, 4) is 0 Å². The lowest BCUT2D eigenvalue weighted by Crippen LogP contribution is -2.44. The van der Waals surface area contributed by atoms with Gasteiger partial charge in [-0.25, -0.2) is 0 Å². The van der Waals surface area contributed by atoms with E-state index in [-0.39, 0.29) is 29.4 Å². The van der Waals surface area contributed by atoms with Crippen molar-refractivity contribution in [2.75, 3.05) is 20.1 Å². The molecule has 5 nitrogen and oxygen atoms in total. The van der Waals surface area contributed by atoms with Crippen molar-refractivity contribution in [3.63, 3.8) is 0 Å². The van der Waals surface area contributed by atoms with E-state index in [0.29, 0.717) is 0 Å². The van der Waals surface area contributed by atoms with Crippen LogP contribution in [-0.2, 0) is 12.0 Å². The maximum atomic E-state index is 4.50. The Morgan fingerprint density at radius 2 is 1.85 bits per heavy atom. The highest BCUT2D eigenvalue weighted by Crippen LogP contribution is 2.25. The maximum Gasteiger partial charge on any atom is 0.191 e. The van der Waals surface area contributed by atoms with Crippen LogP contribution in [0.2, 0.25) is 0 Å². The molecule has 6 heteroatoms. The van der Waals surface area contributed by atoms with Crippen LogP contribution < -0.4 is 10.6 Å². The number of guanidine groups is 1. The smallest absolute Gasteiger partial charge is 0.191 e. The number of rotatable bonds is 7. The molecule has 150 valence electrons. The van der Waals surface area contributed by atoms with Crippen LogP contribution in [0.5, 0.6) is 0 Å². The standard InChI is InChI=1S/C21H33N5.HI/c1-16-10-7-8-11-19(16)21(4,5)15-24-20(22-6)23-12-9-13-26-18(3)14-17(2)25-26;/h7-8,10-11,14H,9,12-13,15H2,1-6H3,(H2,22,23,24);1H. The predicted molar refractivity (Wildman–Crippen MR) is 125 cm³/mol. The number of hydrogen-bond acceptors (Lipinski definition) is 2. The average molecular weight is 483 g/mol. The number of nitrogens with one attached hydrogen (secondary N) is 2. The Labute approximate surface area is 181 Å². The third-order valence-electron chi connectivity index (χ3n) is 4.74. The van der Waals surface area contributed by atoms with Gasteiger partial charge in [0.15, 0.2) is 5.96 Å². The zero-order chi connectivity index (χ0) is 19.2. The maximum absolute atomic E-state index is 4.50. The number of hydrogen-bond donors (Lipinski definition) is 2. The van der Waals surface area contributed by atoms with Crippen LogP contribution in [-0.4, -0.2) is 35.9 Å². The highest BCUT2D eigenvalue weighted by Gasteiger charge is 2.22. The van der Waals surface area contributed by atoms with Gasteiger partial charge >= 0.3 is 0 Å². The van der Waals surface area contributed by atoms with E-state index >= 15 is 0 Å². The largest absolute Gasteiger partial charge is 0.356 e. The molecule has 2 aromatic rings. The van der Waals surface area contributed by atoms with Crippen LogP contribution in [0.1, 0.15) is 42.8 Å². The average Bonchev–Trinajstić information content (AvgIpc) is 2.92. The van der Waals surface area contributed by atoms with Gasteiger partial charge in [0, 0.05) is 37.8 Å². The van der Waals surface area contributed by atoms with E-state index in [4.69, 9.17) is 0 Å². The molecule has 0 aliphatic carbocycles. The Balaban J connectivity index is 0.00000364. The molecular weight excluding hydrogens is 449 g/mol. The van der Waals surface area contributed by atoms with Gasteiger partial charge in [0.1, 0.15) is 0 Å². The Hall–Kier alpha value is -1.57. The number of benzene rings is 1. The van der Waals surface area contributed by atoms with Crippen molar-refractivity contribution < 1.29 is 0 Å². The number of aryl methyl sites for hydroxylation is 4. The van der Waals surface area contributed by atoms with Gasteiger partial charge in [0.05, 0.1) is 5.69 Å². The van der Waals surface area contributed by atoms with Crippen molar-refractivity contribution in [2.45, 2.75) is 53.0 Å². The molecule has 2 N–H and O–H groups in total. The first-order chi connectivity index (χ1) is 12.3. The summed E-state index contributed by atoms with van der Waals surface area (Å²) in [7, 11) is 1.82. The molecule has 0 amide bonds. The van der Waals surface area contributed by atoms with Gasteiger partial charge in [-0.1, -0.05) is 38.1 Å². The molecule has 0 aliphatic rings. The summed E-state index contributed by atoms with van der Waals surface area (Å²) in [5.74, 6) is 0.847. The fourth-order valence-corrected chi connectivity index (χ4v) is 3.29. The van der Waals surface area contributed by atoms with Gasteiger partial charge < -0.3 is 10.6 Å². The molecule has 0 saturated carbocycles. The molecule has 0 unspecified atom stereocenters. The summed E-state index contributed by atoms with van der Waals surface area (Å²) in [6, 6.07) is 10.7. The van der Waals surface area contributed by atoms with Crippen LogP contribution in [0.15, 0.2) is 35.3 Å². The number of aromatic nitrogens is 2. The third-order valence-corrected chi connectivity index (χ3v) is 4.74. The van der Waals surface area contributed by atoms with E-state index in [0.717, 1.165) is 37.7 Å². The summed E-state index contributed by atoms with van der Waals surface area (Å²) in [5, 5.41) is 11.4. The molecule has 0 atom stereocenters. The molecule has 1 aromatic heterocycles. The van der Waals surface area contributed by atoms with Crippen LogP contribution >= 0.6 is 24.0 Å². The number of aliphatic imine (C=N–C) groups is 1. The zero-order valence-corrected chi connectivity index (χ0v) is 19.8. The quantitative estimate of drug-likeness (QED) is 0.271. The van der Waals surface area contributed by atoms with Crippen LogP contribution in [0.4, 0.5) is 0 Å². The van der Waals surface area contributed by atoms with Crippen molar-refractivity contribution in [1.29, 1.82) is 0 Å². The second-order valence-electron chi connectivity index (χ2n) is 7.56. The number of nitrogens with zero attached hydrogens (tertiary/aromatic N) is 3. The van der Waals surface area contributed by atoms with Gasteiger partial charge in [-0.3, -0.25) is 9.67 Å². The molecule has 0 bridgehead atoms. The summed E-state index contributed by atoms with van der Waals surface area (Å²) in [6.07, 6.45) is 1.00. The molecule has 1 aromatic carbocycles. The first-order valence-electron chi connectivity index (χ1n) is 9.35. The van der Waals surface area contributed by atoms with E-state index in [1.165, 1.54) is 16.8 Å². The number of halogens is 1. The molecule has 0 spiro atoms. The van der Waals surface area contributed by atoms with Gasteiger partial charge in [-0.2, -0.15) is 5.10 Å². The van der Waals surface area contributed by atoms with Gasteiger partial charge in [-0.05, 0) is 44.4 Å². The second kappa shape index (κ2) is 10.7. The lowest BCUT2D eigenvalue weighted by atomic mass is 9.82. The molecule has 27 heavy (non-hydrogen) atoms. The fourth-order valence-electron chi connectivity index (χ4n) is 3.29. The van der Waals surface area contributed by atoms with Crippen molar-refractivity contribution >= 4 is 29.9 Å². The Kier molecular flexibility index (Phi) is 9.29. The Bertz CT molecular complexity index is 749. The van der Waals surface area contributed by atoms with Crippen molar-refractivity contribution in [1.82, 2.24) is 20.4 Å². The zero-order valence-electron chi connectivity index (χ0n) is 17.5. The normalized spacial score (nSPS) is 11.9. The van der Waals surface area contributed by atoms with E-state index < -0.39 is 0 Å². The second-order valence-corrected chi connectivity index (χ2v) is 7.56. The SMILES string of the molecule is CN=C(NCCCn1nc(C)cc1C)NCC(C)(C)c1ccccc1C.I. The first-order valence-corrected chi connectivity index (χ1v) is 9.35. The lowest BCUT2D eigenvalue weighted by molar-refractivity contribution is 0.503. The Morgan fingerprint density at radius 3 is 2.44 bits per heavy atom. The summed E-state index contributed by atoms with van der Waals surface area (Å²) < 4.78 is 2.06. The first kappa shape index (κ1) is 23.5. The van der Waals surface area contributed by atoms with Crippen molar-refractivity contribution in [2.24, 2.45) is 4.99 Å². The fraction of sp³-hybridized carbons (Fsp3) is 0.524. The Morgan fingerprint density at radius 1 is 1.15 bits per heavy atom.